The highest BCUT2D eigenvalue weighted by molar-refractivity contribution is 9.08. The van der Waals surface area contributed by atoms with Crippen molar-refractivity contribution >= 4 is 27.3 Å². The first kappa shape index (κ1) is 9.62. The average Bonchev–Trinajstić information content (AvgIpc) is 2.76. The third-order valence-corrected chi connectivity index (χ3v) is 3.75. The van der Waals surface area contributed by atoms with Crippen molar-refractivity contribution in [2.24, 2.45) is 0 Å². The van der Waals surface area contributed by atoms with Gasteiger partial charge in [0, 0.05) is 10.7 Å². The van der Waals surface area contributed by atoms with Crippen molar-refractivity contribution in [2.75, 3.05) is 13.1 Å². The second-order valence-electron chi connectivity index (χ2n) is 3.35. The highest BCUT2D eigenvalue weighted by Crippen LogP contribution is 2.17. The Morgan fingerprint density at radius 2 is 2.23 bits per heavy atom. The third kappa shape index (κ3) is 2.51. The molecule has 0 amide bonds. The monoisotopic (exact) mass is 260 g/mol. The third-order valence-electron chi connectivity index (χ3n) is 2.29. The second-order valence-corrected chi connectivity index (χ2v) is 4.85. The predicted molar refractivity (Wildman–Crippen MR) is 59.3 cm³/mol. The summed E-state index contributed by atoms with van der Waals surface area (Å²) in [6.07, 6.45) is 2.72. The molecule has 13 heavy (non-hydrogen) atoms. The number of hydrogen-bond acceptors (Lipinski definition) is 3. The molecule has 0 radical (unpaired) electrons. The van der Waals surface area contributed by atoms with E-state index in [9.17, 15) is 0 Å². The van der Waals surface area contributed by atoms with E-state index in [2.05, 4.69) is 31.2 Å². The van der Waals surface area contributed by atoms with Gasteiger partial charge in [0.25, 0.3) is 0 Å². The molecule has 4 heteroatoms. The van der Waals surface area contributed by atoms with Crippen LogP contribution < -0.4 is 0 Å². The van der Waals surface area contributed by atoms with E-state index in [0.29, 0.717) is 0 Å². The van der Waals surface area contributed by atoms with E-state index in [1.807, 2.05) is 0 Å². The Labute approximate surface area is 91.1 Å². The Morgan fingerprint density at radius 3 is 2.85 bits per heavy atom. The molecule has 0 saturated carbocycles. The van der Waals surface area contributed by atoms with Crippen molar-refractivity contribution in [3.8, 4) is 0 Å². The minimum atomic E-state index is 0.878. The van der Waals surface area contributed by atoms with Gasteiger partial charge in [-0.1, -0.05) is 15.9 Å². The molecule has 1 aliphatic heterocycles. The van der Waals surface area contributed by atoms with Crippen LogP contribution in [-0.4, -0.2) is 23.0 Å². The van der Waals surface area contributed by atoms with Crippen LogP contribution in [0.4, 0.5) is 0 Å². The normalized spacial score (nSPS) is 18.2. The standard InChI is InChI=1S/C9H13BrN2S/c10-5-8-7-13-9(11-8)6-12-3-1-2-4-12/h7H,1-6H2. The van der Waals surface area contributed by atoms with Crippen LogP contribution >= 0.6 is 27.3 Å². The van der Waals surface area contributed by atoms with Gasteiger partial charge in [0.05, 0.1) is 12.2 Å². The summed E-state index contributed by atoms with van der Waals surface area (Å²) in [5, 5.41) is 4.28. The topological polar surface area (TPSA) is 16.1 Å². The molecule has 2 nitrogen and oxygen atoms in total. The summed E-state index contributed by atoms with van der Waals surface area (Å²) in [7, 11) is 0. The van der Waals surface area contributed by atoms with Crippen LogP contribution in [0, 0.1) is 0 Å². The molecule has 1 aliphatic rings. The number of hydrogen-bond donors (Lipinski definition) is 0. The Balaban J connectivity index is 1.92. The molecule has 2 rings (SSSR count). The fourth-order valence-electron chi connectivity index (χ4n) is 1.61. The summed E-state index contributed by atoms with van der Waals surface area (Å²) in [5.74, 6) is 0. The largest absolute Gasteiger partial charge is 0.297 e. The Bertz CT molecular complexity index is 268. The van der Waals surface area contributed by atoms with E-state index in [1.165, 1.54) is 36.6 Å². The van der Waals surface area contributed by atoms with Gasteiger partial charge < -0.3 is 0 Å². The zero-order valence-corrected chi connectivity index (χ0v) is 9.90. The lowest BCUT2D eigenvalue weighted by Gasteiger charge is -2.11. The molecule has 0 aliphatic carbocycles. The summed E-state index contributed by atoms with van der Waals surface area (Å²) in [6, 6.07) is 0. The zero-order valence-electron chi connectivity index (χ0n) is 7.50. The molecule has 1 aromatic heterocycles. The van der Waals surface area contributed by atoms with E-state index in [1.54, 1.807) is 11.3 Å². The average molecular weight is 261 g/mol. The van der Waals surface area contributed by atoms with Crippen LogP contribution in [0.2, 0.25) is 0 Å². The van der Waals surface area contributed by atoms with Crippen molar-refractivity contribution in [1.82, 2.24) is 9.88 Å². The molecule has 1 aromatic rings. The van der Waals surface area contributed by atoms with Crippen LogP contribution in [0.3, 0.4) is 0 Å². The number of likely N-dealkylation sites (tertiary alicyclic amines) is 1. The maximum absolute atomic E-state index is 4.52. The van der Waals surface area contributed by atoms with Gasteiger partial charge >= 0.3 is 0 Å². The van der Waals surface area contributed by atoms with Gasteiger partial charge in [-0.2, -0.15) is 0 Å². The molecule has 0 bridgehead atoms. The molecular formula is C9H13BrN2S. The van der Waals surface area contributed by atoms with Crippen molar-refractivity contribution < 1.29 is 0 Å². The first-order chi connectivity index (χ1) is 6.38. The van der Waals surface area contributed by atoms with E-state index in [0.717, 1.165) is 11.9 Å². The minimum absolute atomic E-state index is 0.878. The van der Waals surface area contributed by atoms with E-state index < -0.39 is 0 Å². The van der Waals surface area contributed by atoms with Crippen molar-refractivity contribution in [3.05, 3.63) is 16.1 Å². The Morgan fingerprint density at radius 1 is 1.46 bits per heavy atom. The Hall–Kier alpha value is 0.0700. The predicted octanol–water partition coefficient (Wildman–Crippen LogP) is 2.63. The molecule has 1 fully saturated rings. The summed E-state index contributed by atoms with van der Waals surface area (Å²) in [4.78, 5) is 7.01. The number of rotatable bonds is 3. The van der Waals surface area contributed by atoms with Gasteiger partial charge in [-0.3, -0.25) is 4.90 Å². The fraction of sp³-hybridized carbons (Fsp3) is 0.667. The van der Waals surface area contributed by atoms with Gasteiger partial charge in [-0.25, -0.2) is 4.98 Å². The van der Waals surface area contributed by atoms with Crippen LogP contribution in [0.1, 0.15) is 23.5 Å². The highest BCUT2D eigenvalue weighted by Gasteiger charge is 2.13. The molecule has 0 spiro atoms. The molecule has 72 valence electrons. The lowest BCUT2D eigenvalue weighted by molar-refractivity contribution is 0.330. The number of halogens is 1. The van der Waals surface area contributed by atoms with Crippen molar-refractivity contribution in [1.29, 1.82) is 0 Å². The van der Waals surface area contributed by atoms with Crippen molar-refractivity contribution in [3.63, 3.8) is 0 Å². The number of alkyl halides is 1. The molecule has 0 unspecified atom stereocenters. The molecule has 0 aromatic carbocycles. The van der Waals surface area contributed by atoms with Crippen LogP contribution in [-0.2, 0) is 11.9 Å². The van der Waals surface area contributed by atoms with Crippen LogP contribution in [0.15, 0.2) is 5.38 Å². The molecule has 0 atom stereocenters. The number of thiazole rings is 1. The Kier molecular flexibility index (Phi) is 3.35. The lowest BCUT2D eigenvalue weighted by Crippen LogP contribution is -2.18. The van der Waals surface area contributed by atoms with E-state index >= 15 is 0 Å². The van der Waals surface area contributed by atoms with Crippen molar-refractivity contribution in [2.45, 2.75) is 24.7 Å². The molecular weight excluding hydrogens is 248 g/mol. The summed E-state index contributed by atoms with van der Waals surface area (Å²) in [6.45, 7) is 3.56. The SMILES string of the molecule is BrCc1csc(CN2CCCC2)n1. The summed E-state index contributed by atoms with van der Waals surface area (Å²) < 4.78 is 0. The quantitative estimate of drug-likeness (QED) is 0.777. The first-order valence-corrected chi connectivity index (χ1v) is 6.60. The first-order valence-electron chi connectivity index (χ1n) is 4.60. The maximum Gasteiger partial charge on any atom is 0.107 e. The van der Waals surface area contributed by atoms with Gasteiger partial charge in [-0.15, -0.1) is 11.3 Å². The fourth-order valence-corrected chi connectivity index (χ4v) is 2.95. The molecule has 2 heterocycles. The van der Waals surface area contributed by atoms with Crippen LogP contribution in [0.5, 0.6) is 0 Å². The number of aromatic nitrogens is 1. The summed E-state index contributed by atoms with van der Waals surface area (Å²) in [5.41, 5.74) is 1.17. The van der Waals surface area contributed by atoms with Crippen LogP contribution in [0.25, 0.3) is 0 Å². The highest BCUT2D eigenvalue weighted by atomic mass is 79.9. The second kappa shape index (κ2) is 4.53. The van der Waals surface area contributed by atoms with Gasteiger partial charge in [0.1, 0.15) is 5.01 Å². The minimum Gasteiger partial charge on any atom is -0.297 e. The van der Waals surface area contributed by atoms with Gasteiger partial charge in [0.15, 0.2) is 0 Å². The maximum atomic E-state index is 4.52. The lowest BCUT2D eigenvalue weighted by atomic mass is 10.4. The van der Waals surface area contributed by atoms with Gasteiger partial charge in [0.2, 0.25) is 0 Å². The smallest absolute Gasteiger partial charge is 0.107 e. The van der Waals surface area contributed by atoms with E-state index in [-0.39, 0.29) is 0 Å². The van der Waals surface area contributed by atoms with E-state index in [4.69, 9.17) is 0 Å². The van der Waals surface area contributed by atoms with Gasteiger partial charge in [-0.05, 0) is 25.9 Å². The molecule has 1 saturated heterocycles. The number of nitrogens with zero attached hydrogens (tertiary/aromatic N) is 2. The molecule has 0 N–H and O–H groups in total. The zero-order chi connectivity index (χ0) is 9.10. The summed E-state index contributed by atoms with van der Waals surface area (Å²) >= 11 is 5.19.